The predicted molar refractivity (Wildman–Crippen MR) is 54.2 cm³/mol. The summed E-state index contributed by atoms with van der Waals surface area (Å²) >= 11 is 0. The van der Waals surface area contributed by atoms with Gasteiger partial charge in [-0.25, -0.2) is 5.90 Å². The van der Waals surface area contributed by atoms with Gasteiger partial charge in [-0.1, -0.05) is 13.8 Å². The van der Waals surface area contributed by atoms with Crippen molar-refractivity contribution in [3.63, 3.8) is 0 Å². The van der Waals surface area contributed by atoms with Gasteiger partial charge in [0.2, 0.25) is 0 Å². The highest BCUT2D eigenvalue weighted by Crippen LogP contribution is 2.13. The summed E-state index contributed by atoms with van der Waals surface area (Å²) in [5.74, 6) is 5.96. The van der Waals surface area contributed by atoms with Crippen LogP contribution in [0.5, 0.6) is 0 Å². The maximum atomic E-state index is 5.15. The van der Waals surface area contributed by atoms with Crippen LogP contribution in [0.3, 0.4) is 0 Å². The van der Waals surface area contributed by atoms with E-state index in [9.17, 15) is 0 Å². The second kappa shape index (κ2) is 5.58. The third-order valence-corrected chi connectivity index (χ3v) is 2.75. The largest absolute Gasteiger partial charge is 0.303 e. The molecule has 0 spiro atoms. The maximum absolute atomic E-state index is 5.15. The van der Waals surface area contributed by atoms with Crippen LogP contribution in [0, 0.1) is 5.92 Å². The van der Waals surface area contributed by atoms with Crippen LogP contribution < -0.4 is 5.90 Å². The van der Waals surface area contributed by atoms with Crippen molar-refractivity contribution >= 4 is 0 Å². The molecular weight excluding hydrogens is 164 g/mol. The Labute approximate surface area is 81.2 Å². The van der Waals surface area contributed by atoms with Crippen LogP contribution in [0.1, 0.15) is 33.1 Å². The summed E-state index contributed by atoms with van der Waals surface area (Å²) in [7, 11) is 0. The number of rotatable bonds is 4. The molecule has 1 heterocycles. The second-order valence-electron chi connectivity index (χ2n) is 4.36. The van der Waals surface area contributed by atoms with E-state index in [0.717, 1.165) is 31.8 Å². The fourth-order valence-corrected chi connectivity index (χ4v) is 1.71. The monoisotopic (exact) mass is 186 g/mol. The van der Waals surface area contributed by atoms with Gasteiger partial charge in [-0.3, -0.25) is 0 Å². The highest BCUT2D eigenvalue weighted by molar-refractivity contribution is 4.71. The van der Waals surface area contributed by atoms with Gasteiger partial charge in [-0.2, -0.15) is 0 Å². The van der Waals surface area contributed by atoms with E-state index in [4.69, 9.17) is 10.7 Å². The van der Waals surface area contributed by atoms with Crippen LogP contribution in [0.4, 0.5) is 0 Å². The minimum absolute atomic E-state index is 0.301. The predicted octanol–water partition coefficient (Wildman–Crippen LogP) is 1.39. The summed E-state index contributed by atoms with van der Waals surface area (Å²) in [5, 5.41) is 0. The van der Waals surface area contributed by atoms with Crippen molar-refractivity contribution in [3.8, 4) is 0 Å². The lowest BCUT2D eigenvalue weighted by atomic mass is 10.1. The van der Waals surface area contributed by atoms with Crippen molar-refractivity contribution in [2.24, 2.45) is 11.8 Å². The topological polar surface area (TPSA) is 38.5 Å². The summed E-state index contributed by atoms with van der Waals surface area (Å²) in [4.78, 5) is 7.35. The first-order chi connectivity index (χ1) is 6.22. The molecule has 1 aliphatic rings. The Kier molecular flexibility index (Phi) is 4.70. The molecule has 1 fully saturated rings. The zero-order valence-electron chi connectivity index (χ0n) is 8.83. The Balaban J connectivity index is 2.10. The van der Waals surface area contributed by atoms with Crippen molar-refractivity contribution in [1.82, 2.24) is 4.90 Å². The van der Waals surface area contributed by atoms with E-state index in [1.807, 2.05) is 0 Å². The summed E-state index contributed by atoms with van der Waals surface area (Å²) in [5.41, 5.74) is 0. The van der Waals surface area contributed by atoms with Crippen molar-refractivity contribution in [3.05, 3.63) is 0 Å². The molecule has 0 aromatic rings. The first-order valence-electron chi connectivity index (χ1n) is 5.30. The smallest absolute Gasteiger partial charge is 0.0811 e. The number of hydrogen-bond donors (Lipinski definition) is 1. The van der Waals surface area contributed by atoms with Crippen molar-refractivity contribution in [2.45, 2.75) is 39.2 Å². The lowest BCUT2D eigenvalue weighted by Crippen LogP contribution is -2.38. The number of piperidine rings is 1. The molecule has 0 atom stereocenters. The SMILES string of the molecule is CC(C)CCN1CCC(ON)CC1. The van der Waals surface area contributed by atoms with E-state index in [2.05, 4.69) is 18.7 Å². The molecule has 1 rings (SSSR count). The lowest BCUT2D eigenvalue weighted by Gasteiger charge is -2.31. The first kappa shape index (κ1) is 11.0. The molecule has 0 aliphatic carbocycles. The molecule has 0 bridgehead atoms. The first-order valence-corrected chi connectivity index (χ1v) is 5.30. The fraction of sp³-hybridized carbons (Fsp3) is 1.00. The highest BCUT2D eigenvalue weighted by Gasteiger charge is 2.18. The minimum Gasteiger partial charge on any atom is -0.303 e. The zero-order chi connectivity index (χ0) is 9.68. The standard InChI is InChI=1S/C10H22N2O/c1-9(2)3-6-12-7-4-10(13-11)5-8-12/h9-10H,3-8,11H2,1-2H3. The Morgan fingerprint density at radius 3 is 2.46 bits per heavy atom. The molecule has 3 nitrogen and oxygen atoms in total. The molecule has 0 unspecified atom stereocenters. The van der Waals surface area contributed by atoms with Crippen LogP contribution in [0.15, 0.2) is 0 Å². The van der Waals surface area contributed by atoms with Gasteiger partial charge in [0, 0.05) is 13.1 Å². The molecule has 1 saturated heterocycles. The van der Waals surface area contributed by atoms with Gasteiger partial charge in [0.1, 0.15) is 0 Å². The van der Waals surface area contributed by atoms with E-state index < -0.39 is 0 Å². The van der Waals surface area contributed by atoms with Crippen LogP contribution in [0.2, 0.25) is 0 Å². The number of hydrogen-bond acceptors (Lipinski definition) is 3. The Morgan fingerprint density at radius 2 is 2.00 bits per heavy atom. The average Bonchev–Trinajstić information content (AvgIpc) is 2.15. The van der Waals surface area contributed by atoms with E-state index in [1.165, 1.54) is 13.0 Å². The molecule has 0 saturated carbocycles. The molecule has 0 aromatic heterocycles. The van der Waals surface area contributed by atoms with Crippen molar-refractivity contribution in [2.75, 3.05) is 19.6 Å². The van der Waals surface area contributed by atoms with Crippen LogP contribution in [-0.2, 0) is 4.84 Å². The molecule has 2 N–H and O–H groups in total. The molecule has 0 radical (unpaired) electrons. The summed E-state index contributed by atoms with van der Waals surface area (Å²) < 4.78 is 0. The highest BCUT2D eigenvalue weighted by atomic mass is 16.6. The van der Waals surface area contributed by atoms with Gasteiger partial charge in [0.15, 0.2) is 0 Å². The van der Waals surface area contributed by atoms with Gasteiger partial charge in [0.25, 0.3) is 0 Å². The zero-order valence-corrected chi connectivity index (χ0v) is 8.83. The van der Waals surface area contributed by atoms with Gasteiger partial charge >= 0.3 is 0 Å². The fourth-order valence-electron chi connectivity index (χ4n) is 1.71. The molecule has 78 valence electrons. The van der Waals surface area contributed by atoms with E-state index in [1.54, 1.807) is 0 Å². The second-order valence-corrected chi connectivity index (χ2v) is 4.36. The van der Waals surface area contributed by atoms with Crippen molar-refractivity contribution in [1.29, 1.82) is 0 Å². The van der Waals surface area contributed by atoms with Crippen LogP contribution >= 0.6 is 0 Å². The summed E-state index contributed by atoms with van der Waals surface area (Å²) in [6.45, 7) is 8.07. The Morgan fingerprint density at radius 1 is 1.38 bits per heavy atom. The van der Waals surface area contributed by atoms with Crippen LogP contribution in [-0.4, -0.2) is 30.6 Å². The maximum Gasteiger partial charge on any atom is 0.0811 e. The molecule has 13 heavy (non-hydrogen) atoms. The van der Waals surface area contributed by atoms with Crippen molar-refractivity contribution < 1.29 is 4.84 Å². The van der Waals surface area contributed by atoms with Gasteiger partial charge in [0.05, 0.1) is 6.10 Å². The minimum atomic E-state index is 0.301. The molecule has 0 amide bonds. The lowest BCUT2D eigenvalue weighted by molar-refractivity contribution is 0.00590. The van der Waals surface area contributed by atoms with Gasteiger partial charge in [-0.05, 0) is 31.7 Å². The van der Waals surface area contributed by atoms with E-state index >= 15 is 0 Å². The van der Waals surface area contributed by atoms with Gasteiger partial charge < -0.3 is 9.74 Å². The quantitative estimate of drug-likeness (QED) is 0.674. The molecule has 3 heteroatoms. The number of likely N-dealkylation sites (tertiary alicyclic amines) is 1. The number of nitrogens with two attached hydrogens (primary N) is 1. The molecule has 1 aliphatic heterocycles. The van der Waals surface area contributed by atoms with E-state index in [0.29, 0.717) is 6.10 Å². The third-order valence-electron chi connectivity index (χ3n) is 2.75. The van der Waals surface area contributed by atoms with Gasteiger partial charge in [-0.15, -0.1) is 0 Å². The Hall–Kier alpha value is -0.120. The third kappa shape index (κ3) is 4.07. The Bertz CT molecular complexity index is 131. The van der Waals surface area contributed by atoms with E-state index in [-0.39, 0.29) is 0 Å². The molecular formula is C10H22N2O. The average molecular weight is 186 g/mol. The molecule has 0 aromatic carbocycles. The normalized spacial score (nSPS) is 21.2. The van der Waals surface area contributed by atoms with Crippen LogP contribution in [0.25, 0.3) is 0 Å². The summed E-state index contributed by atoms with van der Waals surface area (Å²) in [6.07, 6.45) is 3.78. The summed E-state index contributed by atoms with van der Waals surface area (Å²) in [6, 6.07) is 0. The number of nitrogens with zero attached hydrogens (tertiary/aromatic N) is 1.